The van der Waals surface area contributed by atoms with E-state index in [0.717, 1.165) is 4.88 Å². The molecule has 18 heavy (non-hydrogen) atoms. The summed E-state index contributed by atoms with van der Waals surface area (Å²) in [4.78, 5) is 12.2. The van der Waals surface area contributed by atoms with Crippen molar-refractivity contribution >= 4 is 38.7 Å². The minimum absolute atomic E-state index is 0.0108. The molecule has 0 aromatic carbocycles. The molecule has 2 atom stereocenters. The van der Waals surface area contributed by atoms with Gasteiger partial charge < -0.3 is 5.11 Å². The molecule has 0 saturated carbocycles. The zero-order valence-electron chi connectivity index (χ0n) is 9.50. The van der Waals surface area contributed by atoms with Gasteiger partial charge in [-0.25, -0.2) is 8.42 Å². The number of carbonyl (C=O) groups is 1. The van der Waals surface area contributed by atoms with Gasteiger partial charge in [0.05, 0.1) is 21.8 Å². The van der Waals surface area contributed by atoms with Gasteiger partial charge in [0.2, 0.25) is 0 Å². The van der Waals surface area contributed by atoms with E-state index in [1.807, 2.05) is 0 Å². The third kappa shape index (κ3) is 3.24. The van der Waals surface area contributed by atoms with E-state index in [1.54, 1.807) is 12.1 Å². The first-order valence-electron chi connectivity index (χ1n) is 5.55. The van der Waals surface area contributed by atoms with Crippen molar-refractivity contribution < 1.29 is 18.3 Å². The van der Waals surface area contributed by atoms with E-state index in [1.165, 1.54) is 11.3 Å². The monoisotopic (exact) mass is 308 g/mol. The van der Waals surface area contributed by atoms with Gasteiger partial charge in [-0.2, -0.15) is 0 Å². The van der Waals surface area contributed by atoms with Crippen LogP contribution in [-0.4, -0.2) is 31.0 Å². The summed E-state index contributed by atoms with van der Waals surface area (Å²) < 4.78 is 23.4. The maximum absolute atomic E-state index is 11.4. The van der Waals surface area contributed by atoms with E-state index in [4.69, 9.17) is 11.6 Å². The molecule has 0 bridgehead atoms. The number of carboxylic acid groups (broad SMARTS) is 1. The predicted octanol–water partition coefficient (Wildman–Crippen LogP) is 2.08. The quantitative estimate of drug-likeness (QED) is 0.924. The average molecular weight is 309 g/mol. The van der Waals surface area contributed by atoms with E-state index in [2.05, 4.69) is 0 Å². The van der Waals surface area contributed by atoms with Crippen molar-refractivity contribution in [1.82, 2.24) is 0 Å². The highest BCUT2D eigenvalue weighted by Crippen LogP contribution is 2.31. The van der Waals surface area contributed by atoms with Crippen LogP contribution in [0.3, 0.4) is 0 Å². The standard InChI is InChI=1S/C11H13ClO4S2/c12-10-2-1-8(17-10)5-9(11(13)14)7-3-4-18(15,16)6-7/h1-2,7,9H,3-6H2,(H,13,14). The van der Waals surface area contributed by atoms with Gasteiger partial charge in [0.15, 0.2) is 9.84 Å². The molecule has 0 aliphatic carbocycles. The number of aliphatic carboxylic acids is 1. The van der Waals surface area contributed by atoms with Gasteiger partial charge >= 0.3 is 5.97 Å². The highest BCUT2D eigenvalue weighted by molar-refractivity contribution is 7.91. The van der Waals surface area contributed by atoms with Gasteiger partial charge in [0, 0.05) is 4.88 Å². The Morgan fingerprint density at radius 2 is 2.28 bits per heavy atom. The second-order valence-electron chi connectivity index (χ2n) is 4.52. The second kappa shape index (κ2) is 5.19. The molecule has 1 aromatic heterocycles. The molecule has 1 N–H and O–H groups in total. The lowest BCUT2D eigenvalue weighted by molar-refractivity contribution is -0.143. The summed E-state index contributed by atoms with van der Waals surface area (Å²) in [5.74, 6) is -1.76. The van der Waals surface area contributed by atoms with Crippen LogP contribution in [0, 0.1) is 11.8 Å². The molecule has 2 rings (SSSR count). The summed E-state index contributed by atoms with van der Waals surface area (Å²) in [5.41, 5.74) is 0. The summed E-state index contributed by atoms with van der Waals surface area (Å²) in [6.45, 7) is 0. The van der Waals surface area contributed by atoms with Gasteiger partial charge in [-0.1, -0.05) is 11.6 Å². The van der Waals surface area contributed by atoms with Crippen molar-refractivity contribution in [1.29, 1.82) is 0 Å². The second-order valence-corrected chi connectivity index (χ2v) is 8.55. The van der Waals surface area contributed by atoms with Gasteiger partial charge in [-0.15, -0.1) is 11.3 Å². The van der Waals surface area contributed by atoms with Crippen molar-refractivity contribution in [3.8, 4) is 0 Å². The summed E-state index contributed by atoms with van der Waals surface area (Å²) in [7, 11) is -3.05. The summed E-state index contributed by atoms with van der Waals surface area (Å²) >= 11 is 7.15. The van der Waals surface area contributed by atoms with Crippen LogP contribution < -0.4 is 0 Å². The third-order valence-corrected chi connectivity index (χ3v) is 6.25. The molecule has 7 heteroatoms. The molecule has 0 amide bonds. The first-order valence-corrected chi connectivity index (χ1v) is 8.56. The predicted molar refractivity (Wildman–Crippen MR) is 70.9 cm³/mol. The van der Waals surface area contributed by atoms with Crippen LogP contribution in [0.15, 0.2) is 12.1 Å². The van der Waals surface area contributed by atoms with Crippen LogP contribution in [0.4, 0.5) is 0 Å². The molecule has 4 nitrogen and oxygen atoms in total. The lowest BCUT2D eigenvalue weighted by Crippen LogP contribution is -2.26. The zero-order valence-corrected chi connectivity index (χ0v) is 11.9. The fraction of sp³-hybridized carbons (Fsp3) is 0.545. The van der Waals surface area contributed by atoms with Crippen LogP contribution in [0.1, 0.15) is 11.3 Å². The van der Waals surface area contributed by atoms with E-state index >= 15 is 0 Å². The molecular formula is C11H13ClO4S2. The molecule has 2 unspecified atom stereocenters. The van der Waals surface area contributed by atoms with Gasteiger partial charge in [0.25, 0.3) is 0 Å². The Kier molecular flexibility index (Phi) is 3.99. The van der Waals surface area contributed by atoms with E-state index in [0.29, 0.717) is 17.2 Å². The Morgan fingerprint density at radius 1 is 1.56 bits per heavy atom. The number of halogens is 1. The Bertz CT molecular complexity index is 549. The third-order valence-electron chi connectivity index (χ3n) is 3.20. The first-order chi connectivity index (χ1) is 8.37. The van der Waals surface area contributed by atoms with Crippen molar-refractivity contribution in [3.05, 3.63) is 21.3 Å². The van der Waals surface area contributed by atoms with Crippen LogP contribution in [-0.2, 0) is 21.1 Å². The molecule has 1 aliphatic rings. The summed E-state index contributed by atoms with van der Waals surface area (Å²) in [6.07, 6.45) is 0.797. The van der Waals surface area contributed by atoms with Gasteiger partial charge in [0.1, 0.15) is 0 Å². The van der Waals surface area contributed by atoms with E-state index in [9.17, 15) is 18.3 Å². The van der Waals surface area contributed by atoms with Crippen LogP contribution in [0.5, 0.6) is 0 Å². The van der Waals surface area contributed by atoms with Crippen molar-refractivity contribution in [2.75, 3.05) is 11.5 Å². The zero-order chi connectivity index (χ0) is 13.3. The van der Waals surface area contributed by atoms with Crippen molar-refractivity contribution in [3.63, 3.8) is 0 Å². The van der Waals surface area contributed by atoms with Crippen LogP contribution in [0.2, 0.25) is 4.34 Å². The molecule has 2 heterocycles. The van der Waals surface area contributed by atoms with Crippen LogP contribution >= 0.6 is 22.9 Å². The lowest BCUT2D eigenvalue weighted by Gasteiger charge is -2.17. The highest BCUT2D eigenvalue weighted by Gasteiger charge is 2.37. The average Bonchev–Trinajstić information content (AvgIpc) is 2.81. The largest absolute Gasteiger partial charge is 0.481 e. The Morgan fingerprint density at radius 3 is 2.72 bits per heavy atom. The topological polar surface area (TPSA) is 71.4 Å². The van der Waals surface area contributed by atoms with Gasteiger partial charge in [-0.3, -0.25) is 4.79 Å². The summed E-state index contributed by atoms with van der Waals surface area (Å²) in [5, 5.41) is 9.25. The molecular weight excluding hydrogens is 296 g/mol. The van der Waals surface area contributed by atoms with Crippen LogP contribution in [0.25, 0.3) is 0 Å². The maximum Gasteiger partial charge on any atom is 0.307 e. The Balaban J connectivity index is 2.12. The number of carboxylic acids is 1. The fourth-order valence-electron chi connectivity index (χ4n) is 2.27. The lowest BCUT2D eigenvalue weighted by atomic mass is 9.88. The molecule has 1 fully saturated rings. The number of hydrogen-bond donors (Lipinski definition) is 1. The molecule has 100 valence electrons. The molecule has 0 spiro atoms. The maximum atomic E-state index is 11.4. The summed E-state index contributed by atoms with van der Waals surface area (Å²) in [6, 6.07) is 3.53. The Labute approximate surface area is 115 Å². The van der Waals surface area contributed by atoms with E-state index in [-0.39, 0.29) is 17.4 Å². The normalized spacial score (nSPS) is 23.9. The molecule has 1 saturated heterocycles. The number of sulfone groups is 1. The Hall–Kier alpha value is -0.590. The minimum atomic E-state index is -3.05. The smallest absolute Gasteiger partial charge is 0.307 e. The van der Waals surface area contributed by atoms with Crippen molar-refractivity contribution in [2.24, 2.45) is 11.8 Å². The number of rotatable bonds is 4. The molecule has 0 radical (unpaired) electrons. The minimum Gasteiger partial charge on any atom is -0.481 e. The SMILES string of the molecule is O=C(O)C(Cc1ccc(Cl)s1)C1CCS(=O)(=O)C1. The number of thiophene rings is 1. The molecule has 1 aromatic rings. The molecule has 1 aliphatic heterocycles. The number of hydrogen-bond acceptors (Lipinski definition) is 4. The highest BCUT2D eigenvalue weighted by atomic mass is 35.5. The fourth-order valence-corrected chi connectivity index (χ4v) is 5.30. The first kappa shape index (κ1) is 13.8. The van der Waals surface area contributed by atoms with Gasteiger partial charge in [-0.05, 0) is 30.9 Å². The van der Waals surface area contributed by atoms with E-state index < -0.39 is 21.7 Å². The van der Waals surface area contributed by atoms with Crippen molar-refractivity contribution in [2.45, 2.75) is 12.8 Å².